The van der Waals surface area contributed by atoms with Crippen molar-refractivity contribution in [3.63, 3.8) is 0 Å². The molecule has 0 radical (unpaired) electrons. The van der Waals surface area contributed by atoms with E-state index in [-0.39, 0.29) is 12.0 Å². The number of aryl methyl sites for hydroxylation is 2. The van der Waals surface area contributed by atoms with E-state index in [1.807, 2.05) is 6.92 Å². The van der Waals surface area contributed by atoms with Crippen LogP contribution in [0.3, 0.4) is 0 Å². The molecule has 0 aliphatic heterocycles. The second-order valence-corrected chi connectivity index (χ2v) is 4.79. The van der Waals surface area contributed by atoms with Gasteiger partial charge in [-0.1, -0.05) is 18.5 Å². The smallest absolute Gasteiger partial charge is 0.171 e. The van der Waals surface area contributed by atoms with Gasteiger partial charge in [0.1, 0.15) is 11.6 Å². The van der Waals surface area contributed by atoms with E-state index in [0.29, 0.717) is 28.9 Å². The van der Waals surface area contributed by atoms with Crippen molar-refractivity contribution in [3.05, 3.63) is 51.8 Å². The first-order chi connectivity index (χ1) is 9.43. The normalized spacial score (nSPS) is 10.8. The van der Waals surface area contributed by atoms with Crippen LogP contribution in [-0.2, 0) is 19.9 Å². The van der Waals surface area contributed by atoms with Crippen LogP contribution >= 0.6 is 11.6 Å². The Hall–Kier alpha value is -1.75. The van der Waals surface area contributed by atoms with E-state index in [1.54, 1.807) is 7.05 Å². The van der Waals surface area contributed by atoms with E-state index in [9.17, 15) is 13.6 Å². The van der Waals surface area contributed by atoms with Gasteiger partial charge < -0.3 is 0 Å². The third-order valence-electron chi connectivity index (χ3n) is 3.06. The van der Waals surface area contributed by atoms with E-state index in [4.69, 9.17) is 11.6 Å². The Morgan fingerprint density at radius 3 is 2.65 bits per heavy atom. The molecule has 3 nitrogen and oxygen atoms in total. The predicted octanol–water partition coefficient (Wildman–Crippen LogP) is 3.34. The summed E-state index contributed by atoms with van der Waals surface area (Å²) < 4.78 is 27.9. The van der Waals surface area contributed by atoms with Crippen molar-refractivity contribution in [1.29, 1.82) is 0 Å². The van der Waals surface area contributed by atoms with E-state index in [2.05, 4.69) is 5.10 Å². The molecule has 1 aromatic carbocycles. The zero-order valence-electron chi connectivity index (χ0n) is 11.1. The molecule has 0 amide bonds. The van der Waals surface area contributed by atoms with Gasteiger partial charge in [-0.2, -0.15) is 5.10 Å². The number of halogens is 3. The van der Waals surface area contributed by atoms with Crippen LogP contribution in [0.5, 0.6) is 0 Å². The maximum atomic E-state index is 13.6. The molecule has 0 atom stereocenters. The molecule has 0 spiro atoms. The van der Waals surface area contributed by atoms with Crippen molar-refractivity contribution in [1.82, 2.24) is 9.78 Å². The quantitative estimate of drug-likeness (QED) is 0.812. The SMILES string of the molecule is CCc1nn(C)c(CC(=O)c2ccc(F)cc2F)c1Cl. The second kappa shape index (κ2) is 5.71. The van der Waals surface area contributed by atoms with Crippen LogP contribution < -0.4 is 0 Å². The van der Waals surface area contributed by atoms with Crippen LogP contribution in [0.1, 0.15) is 28.7 Å². The lowest BCUT2D eigenvalue weighted by Crippen LogP contribution is -2.10. The van der Waals surface area contributed by atoms with Crippen LogP contribution in [0, 0.1) is 11.6 Å². The van der Waals surface area contributed by atoms with Gasteiger partial charge >= 0.3 is 0 Å². The Bertz CT molecular complexity index is 667. The fourth-order valence-corrected chi connectivity index (χ4v) is 2.34. The highest BCUT2D eigenvalue weighted by molar-refractivity contribution is 6.32. The fraction of sp³-hybridized carbons (Fsp3) is 0.286. The first-order valence-electron chi connectivity index (χ1n) is 6.12. The number of Topliss-reactive ketones (excluding diaryl/α,β-unsaturated/α-hetero) is 1. The Morgan fingerprint density at radius 2 is 2.10 bits per heavy atom. The summed E-state index contributed by atoms with van der Waals surface area (Å²) in [6.45, 7) is 1.90. The Morgan fingerprint density at radius 1 is 1.40 bits per heavy atom. The minimum Gasteiger partial charge on any atom is -0.294 e. The minimum absolute atomic E-state index is 0.0785. The van der Waals surface area contributed by atoms with Crippen LogP contribution in [-0.4, -0.2) is 15.6 Å². The lowest BCUT2D eigenvalue weighted by atomic mass is 10.1. The van der Waals surface area contributed by atoms with Gasteiger partial charge in [0.15, 0.2) is 5.78 Å². The van der Waals surface area contributed by atoms with Crippen LogP contribution in [0.15, 0.2) is 18.2 Å². The molecule has 2 aromatic rings. The average molecular weight is 299 g/mol. The summed E-state index contributed by atoms with van der Waals surface area (Å²) in [4.78, 5) is 12.1. The number of nitrogens with zero attached hydrogens (tertiary/aromatic N) is 2. The monoisotopic (exact) mass is 298 g/mol. The van der Waals surface area contributed by atoms with E-state index < -0.39 is 17.4 Å². The van der Waals surface area contributed by atoms with Crippen molar-refractivity contribution >= 4 is 17.4 Å². The molecule has 0 unspecified atom stereocenters. The van der Waals surface area contributed by atoms with E-state index >= 15 is 0 Å². The highest BCUT2D eigenvalue weighted by Gasteiger charge is 2.19. The van der Waals surface area contributed by atoms with Gasteiger partial charge in [-0.3, -0.25) is 9.48 Å². The van der Waals surface area contributed by atoms with E-state index in [1.165, 1.54) is 4.68 Å². The first kappa shape index (κ1) is 14.7. The number of hydrogen-bond acceptors (Lipinski definition) is 2. The highest BCUT2D eigenvalue weighted by Crippen LogP contribution is 2.23. The van der Waals surface area contributed by atoms with Crippen molar-refractivity contribution in [2.45, 2.75) is 19.8 Å². The lowest BCUT2D eigenvalue weighted by Gasteiger charge is -2.04. The maximum Gasteiger partial charge on any atom is 0.171 e. The number of carbonyl (C=O) groups is 1. The number of benzene rings is 1. The van der Waals surface area contributed by atoms with Crippen molar-refractivity contribution in [3.8, 4) is 0 Å². The molecule has 106 valence electrons. The zero-order valence-corrected chi connectivity index (χ0v) is 11.8. The summed E-state index contributed by atoms with van der Waals surface area (Å²) in [6.07, 6.45) is 0.566. The topological polar surface area (TPSA) is 34.9 Å². The van der Waals surface area contributed by atoms with Gasteiger partial charge in [-0.05, 0) is 18.6 Å². The number of ketones is 1. The van der Waals surface area contributed by atoms with Crippen LogP contribution in [0.4, 0.5) is 8.78 Å². The van der Waals surface area contributed by atoms with Crippen molar-refractivity contribution in [2.75, 3.05) is 0 Å². The molecule has 2 rings (SSSR count). The largest absolute Gasteiger partial charge is 0.294 e. The number of hydrogen-bond donors (Lipinski definition) is 0. The first-order valence-corrected chi connectivity index (χ1v) is 6.50. The number of carbonyl (C=O) groups excluding carboxylic acids is 1. The number of rotatable bonds is 4. The summed E-state index contributed by atoms with van der Waals surface area (Å²) in [5.41, 5.74) is 1.07. The molecule has 0 aliphatic rings. The molecule has 0 fully saturated rings. The predicted molar refractivity (Wildman–Crippen MR) is 72.0 cm³/mol. The number of aromatic nitrogens is 2. The molecular formula is C14H13ClF2N2O. The summed E-state index contributed by atoms with van der Waals surface area (Å²) >= 11 is 6.14. The summed E-state index contributed by atoms with van der Waals surface area (Å²) in [5, 5.41) is 4.61. The third kappa shape index (κ3) is 2.72. The molecule has 6 heteroatoms. The summed E-state index contributed by atoms with van der Waals surface area (Å²) in [5.74, 6) is -2.05. The Labute approximate surface area is 120 Å². The summed E-state index contributed by atoms with van der Waals surface area (Å²) in [7, 11) is 1.68. The molecular weight excluding hydrogens is 286 g/mol. The molecule has 0 saturated heterocycles. The molecule has 0 bridgehead atoms. The average Bonchev–Trinajstić information content (AvgIpc) is 2.66. The van der Waals surface area contributed by atoms with Crippen molar-refractivity contribution in [2.24, 2.45) is 7.05 Å². The molecule has 0 N–H and O–H groups in total. The van der Waals surface area contributed by atoms with Gasteiger partial charge in [0.2, 0.25) is 0 Å². The zero-order chi connectivity index (χ0) is 14.9. The van der Waals surface area contributed by atoms with Crippen molar-refractivity contribution < 1.29 is 13.6 Å². The van der Waals surface area contributed by atoms with Crippen LogP contribution in [0.2, 0.25) is 5.02 Å². The standard InChI is InChI=1S/C14H13ClF2N2O/c1-3-11-14(15)12(19(2)18-11)7-13(20)9-5-4-8(16)6-10(9)17/h4-6H,3,7H2,1-2H3. The van der Waals surface area contributed by atoms with Gasteiger partial charge in [0, 0.05) is 13.1 Å². The molecule has 1 aromatic heterocycles. The molecule has 0 saturated carbocycles. The molecule has 0 aliphatic carbocycles. The fourth-order valence-electron chi connectivity index (χ4n) is 1.97. The third-order valence-corrected chi connectivity index (χ3v) is 3.50. The van der Waals surface area contributed by atoms with Gasteiger partial charge in [-0.25, -0.2) is 8.78 Å². The highest BCUT2D eigenvalue weighted by atomic mass is 35.5. The minimum atomic E-state index is -0.871. The maximum absolute atomic E-state index is 13.6. The van der Waals surface area contributed by atoms with Crippen LogP contribution in [0.25, 0.3) is 0 Å². The van der Waals surface area contributed by atoms with Gasteiger partial charge in [-0.15, -0.1) is 0 Å². The lowest BCUT2D eigenvalue weighted by molar-refractivity contribution is 0.0987. The van der Waals surface area contributed by atoms with Gasteiger partial charge in [0.05, 0.1) is 28.4 Å². The molecule has 20 heavy (non-hydrogen) atoms. The summed E-state index contributed by atoms with van der Waals surface area (Å²) in [6, 6.07) is 2.88. The second-order valence-electron chi connectivity index (χ2n) is 4.41. The molecule has 1 heterocycles. The van der Waals surface area contributed by atoms with Gasteiger partial charge in [0.25, 0.3) is 0 Å². The van der Waals surface area contributed by atoms with E-state index in [0.717, 1.165) is 12.1 Å². The Kier molecular flexibility index (Phi) is 4.18. The Balaban J connectivity index is 2.30.